The van der Waals surface area contributed by atoms with E-state index in [0.717, 1.165) is 12.1 Å². The average Bonchev–Trinajstić information content (AvgIpc) is 2.69. The molecular weight excluding hydrogens is 202 g/mol. The van der Waals surface area contributed by atoms with Gasteiger partial charge in [-0.2, -0.15) is 5.26 Å². The van der Waals surface area contributed by atoms with E-state index in [1.165, 1.54) is 0 Å². The van der Waals surface area contributed by atoms with Crippen molar-refractivity contribution in [1.82, 2.24) is 9.88 Å². The van der Waals surface area contributed by atoms with Crippen molar-refractivity contribution in [2.75, 3.05) is 13.1 Å². The normalized spacial score (nSPS) is 19.8. The zero-order valence-electron chi connectivity index (χ0n) is 8.97. The summed E-state index contributed by atoms with van der Waals surface area (Å²) < 4.78 is 0. The molecule has 1 aliphatic rings. The Kier molecular flexibility index (Phi) is 3.16. The van der Waals surface area contributed by atoms with Gasteiger partial charge in [0.05, 0.1) is 12.0 Å². The Morgan fingerprint density at radius 3 is 3.06 bits per heavy atom. The van der Waals surface area contributed by atoms with Crippen molar-refractivity contribution in [3.05, 3.63) is 30.1 Å². The second kappa shape index (κ2) is 4.75. The van der Waals surface area contributed by atoms with Crippen molar-refractivity contribution in [2.24, 2.45) is 5.92 Å². The molecule has 2 heterocycles. The quantitative estimate of drug-likeness (QED) is 0.755. The van der Waals surface area contributed by atoms with Crippen molar-refractivity contribution >= 4 is 5.91 Å². The number of carbonyl (C=O) groups excluding carboxylic acids is 1. The molecule has 4 heteroatoms. The zero-order chi connectivity index (χ0) is 11.4. The predicted molar refractivity (Wildman–Crippen MR) is 58.2 cm³/mol. The first kappa shape index (κ1) is 10.6. The van der Waals surface area contributed by atoms with Crippen LogP contribution in [-0.2, 0) is 11.2 Å². The molecule has 82 valence electrons. The van der Waals surface area contributed by atoms with Crippen molar-refractivity contribution in [3.63, 3.8) is 0 Å². The Morgan fingerprint density at radius 1 is 1.56 bits per heavy atom. The van der Waals surface area contributed by atoms with Crippen LogP contribution in [0.1, 0.15) is 12.1 Å². The number of amides is 1. The van der Waals surface area contributed by atoms with Gasteiger partial charge in [-0.05, 0) is 12.1 Å². The minimum absolute atomic E-state index is 0.0856. The van der Waals surface area contributed by atoms with Gasteiger partial charge in [-0.15, -0.1) is 0 Å². The predicted octanol–water partition coefficient (Wildman–Crippen LogP) is 0.996. The van der Waals surface area contributed by atoms with E-state index in [0.29, 0.717) is 19.5 Å². The third kappa shape index (κ3) is 2.37. The summed E-state index contributed by atoms with van der Waals surface area (Å²) in [5.41, 5.74) is 0.982. The molecule has 4 nitrogen and oxygen atoms in total. The van der Waals surface area contributed by atoms with Gasteiger partial charge in [-0.25, -0.2) is 0 Å². The molecule has 0 aromatic carbocycles. The summed E-state index contributed by atoms with van der Waals surface area (Å²) in [7, 11) is 0. The highest BCUT2D eigenvalue weighted by atomic mass is 16.2. The van der Waals surface area contributed by atoms with Gasteiger partial charge in [-0.1, -0.05) is 6.07 Å². The number of hydrogen-bond donors (Lipinski definition) is 0. The van der Waals surface area contributed by atoms with Gasteiger partial charge in [0.15, 0.2) is 0 Å². The maximum atomic E-state index is 11.5. The van der Waals surface area contributed by atoms with Gasteiger partial charge >= 0.3 is 0 Å². The Balaban J connectivity index is 1.88. The number of carbonyl (C=O) groups is 1. The first-order chi connectivity index (χ1) is 7.79. The molecule has 16 heavy (non-hydrogen) atoms. The van der Waals surface area contributed by atoms with E-state index in [9.17, 15) is 4.79 Å². The van der Waals surface area contributed by atoms with Crippen molar-refractivity contribution in [3.8, 4) is 6.07 Å². The van der Waals surface area contributed by atoms with Crippen molar-refractivity contribution < 1.29 is 4.79 Å². The smallest absolute Gasteiger partial charge is 0.224 e. The van der Waals surface area contributed by atoms with E-state index >= 15 is 0 Å². The molecule has 1 amide bonds. The molecule has 1 saturated heterocycles. The Hall–Kier alpha value is -1.89. The SMILES string of the molecule is N#CC1CC(=O)N(CCc2ccccn2)C1. The van der Waals surface area contributed by atoms with E-state index in [4.69, 9.17) is 5.26 Å². The second-order valence-electron chi connectivity index (χ2n) is 3.94. The van der Waals surface area contributed by atoms with Crippen LogP contribution in [0.25, 0.3) is 0 Å². The molecule has 0 aliphatic carbocycles. The second-order valence-corrected chi connectivity index (χ2v) is 3.94. The van der Waals surface area contributed by atoms with Gasteiger partial charge in [0.25, 0.3) is 0 Å². The lowest BCUT2D eigenvalue weighted by Gasteiger charge is -2.14. The van der Waals surface area contributed by atoms with Crippen LogP contribution in [0, 0.1) is 17.2 Å². The fourth-order valence-electron chi connectivity index (χ4n) is 1.87. The van der Waals surface area contributed by atoms with E-state index in [1.54, 1.807) is 11.1 Å². The first-order valence-corrected chi connectivity index (χ1v) is 5.37. The van der Waals surface area contributed by atoms with Crippen LogP contribution in [0.15, 0.2) is 24.4 Å². The van der Waals surface area contributed by atoms with E-state index in [-0.39, 0.29) is 11.8 Å². The highest BCUT2D eigenvalue weighted by Crippen LogP contribution is 2.16. The molecule has 2 rings (SSSR count). The van der Waals surface area contributed by atoms with Crippen molar-refractivity contribution in [2.45, 2.75) is 12.8 Å². The molecule has 1 aromatic rings. The molecular formula is C12H13N3O. The zero-order valence-corrected chi connectivity index (χ0v) is 8.97. The largest absolute Gasteiger partial charge is 0.341 e. The molecule has 0 saturated carbocycles. The third-order valence-electron chi connectivity index (χ3n) is 2.76. The van der Waals surface area contributed by atoms with E-state index < -0.39 is 0 Å². The summed E-state index contributed by atoms with van der Waals surface area (Å²) in [6, 6.07) is 7.90. The Morgan fingerprint density at radius 2 is 2.44 bits per heavy atom. The van der Waals surface area contributed by atoms with Gasteiger partial charge in [0.1, 0.15) is 0 Å². The van der Waals surface area contributed by atoms with Crippen LogP contribution < -0.4 is 0 Å². The number of nitrogens with zero attached hydrogens (tertiary/aromatic N) is 3. The molecule has 1 aromatic heterocycles. The number of nitriles is 1. The molecule has 0 spiro atoms. The summed E-state index contributed by atoms with van der Waals surface area (Å²) >= 11 is 0. The summed E-state index contributed by atoms with van der Waals surface area (Å²) in [5, 5.41) is 8.75. The monoisotopic (exact) mass is 215 g/mol. The number of likely N-dealkylation sites (tertiary alicyclic amines) is 1. The van der Waals surface area contributed by atoms with E-state index in [1.807, 2.05) is 18.2 Å². The number of rotatable bonds is 3. The summed E-state index contributed by atoms with van der Waals surface area (Å²) in [6.07, 6.45) is 2.88. The first-order valence-electron chi connectivity index (χ1n) is 5.37. The molecule has 1 fully saturated rings. The summed E-state index contributed by atoms with van der Waals surface area (Å²) in [4.78, 5) is 17.5. The minimum Gasteiger partial charge on any atom is -0.341 e. The van der Waals surface area contributed by atoms with E-state index in [2.05, 4.69) is 11.1 Å². The number of hydrogen-bond acceptors (Lipinski definition) is 3. The Bertz CT molecular complexity index is 410. The van der Waals surface area contributed by atoms with Gasteiger partial charge in [-0.3, -0.25) is 9.78 Å². The van der Waals surface area contributed by atoms with Gasteiger partial charge in [0.2, 0.25) is 5.91 Å². The lowest BCUT2D eigenvalue weighted by molar-refractivity contribution is -0.127. The molecule has 1 atom stereocenters. The number of aromatic nitrogens is 1. The fourth-order valence-corrected chi connectivity index (χ4v) is 1.87. The van der Waals surface area contributed by atoms with Crippen LogP contribution in [0.2, 0.25) is 0 Å². The van der Waals surface area contributed by atoms with Gasteiger partial charge < -0.3 is 4.90 Å². The third-order valence-corrected chi connectivity index (χ3v) is 2.76. The Labute approximate surface area is 94.5 Å². The van der Waals surface area contributed by atoms with Crippen molar-refractivity contribution in [1.29, 1.82) is 5.26 Å². The maximum absolute atomic E-state index is 11.5. The fraction of sp³-hybridized carbons (Fsp3) is 0.417. The molecule has 1 aliphatic heterocycles. The lowest BCUT2D eigenvalue weighted by Crippen LogP contribution is -2.27. The highest BCUT2D eigenvalue weighted by Gasteiger charge is 2.28. The molecule has 0 radical (unpaired) electrons. The van der Waals surface area contributed by atoms with Crippen LogP contribution in [0.3, 0.4) is 0 Å². The topological polar surface area (TPSA) is 57.0 Å². The molecule has 1 unspecified atom stereocenters. The van der Waals surface area contributed by atoms with Crippen LogP contribution in [0.4, 0.5) is 0 Å². The minimum atomic E-state index is -0.128. The average molecular weight is 215 g/mol. The maximum Gasteiger partial charge on any atom is 0.224 e. The van der Waals surface area contributed by atoms with Crippen LogP contribution in [0.5, 0.6) is 0 Å². The lowest BCUT2D eigenvalue weighted by atomic mass is 10.1. The molecule has 0 N–H and O–H groups in total. The molecule has 0 bridgehead atoms. The summed E-state index contributed by atoms with van der Waals surface area (Å²) in [6.45, 7) is 1.23. The van der Waals surface area contributed by atoms with Crippen LogP contribution >= 0.6 is 0 Å². The number of pyridine rings is 1. The summed E-state index contributed by atoms with van der Waals surface area (Å²) in [5.74, 6) is -0.0429. The van der Waals surface area contributed by atoms with Gasteiger partial charge in [0, 0.05) is 37.8 Å². The van der Waals surface area contributed by atoms with Crippen LogP contribution in [-0.4, -0.2) is 28.9 Å². The standard InChI is InChI=1S/C12H13N3O/c13-8-10-7-12(16)15(9-10)6-4-11-3-1-2-5-14-11/h1-3,5,10H,4,6-7,9H2. The highest BCUT2D eigenvalue weighted by molar-refractivity contribution is 5.79.